The van der Waals surface area contributed by atoms with Crippen LogP contribution in [0.4, 0.5) is 17.6 Å². The maximum atomic E-state index is 13.4. The zero-order chi connectivity index (χ0) is 68.8. The van der Waals surface area contributed by atoms with Crippen LogP contribution in [-0.2, 0) is 68.6 Å². The van der Waals surface area contributed by atoms with Crippen LogP contribution < -0.4 is 4.74 Å². The van der Waals surface area contributed by atoms with Gasteiger partial charge in [-0.2, -0.15) is 17.6 Å². The molecule has 4 aromatic carbocycles. The Kier molecular flexibility index (Phi) is 29.7. The Balaban J connectivity index is 0.000000249. The molecular formula is C72H94F4O14S2. The largest absolute Gasteiger partial charge is 0.743 e. The van der Waals surface area contributed by atoms with Crippen molar-refractivity contribution in [2.75, 3.05) is 19.8 Å². The third-order valence-corrected chi connectivity index (χ3v) is 19.8. The topological polar surface area (TPSA) is 190 Å². The number of carbonyl (C=O) groups excluding carboxylic acids is 4. The van der Waals surface area contributed by atoms with Gasteiger partial charge in [-0.05, 0) is 189 Å². The molecule has 92 heavy (non-hydrogen) atoms. The van der Waals surface area contributed by atoms with Crippen molar-refractivity contribution in [1.29, 1.82) is 0 Å². The van der Waals surface area contributed by atoms with E-state index in [0.29, 0.717) is 41.4 Å². The zero-order valence-electron chi connectivity index (χ0n) is 55.2. The second-order valence-corrected chi connectivity index (χ2v) is 27.8. The van der Waals surface area contributed by atoms with Gasteiger partial charge in [0.05, 0.1) is 24.1 Å². The first-order chi connectivity index (χ1) is 43.1. The minimum atomic E-state index is -6.66. The highest BCUT2D eigenvalue weighted by Crippen LogP contribution is 2.62. The van der Waals surface area contributed by atoms with Gasteiger partial charge in [-0.3, -0.25) is 0 Å². The number of esters is 4. The number of ether oxygens (including phenoxy) is 7. The molecule has 0 N–H and O–H groups in total. The lowest BCUT2D eigenvalue weighted by Gasteiger charge is -2.61. The lowest BCUT2D eigenvalue weighted by Crippen LogP contribution is -2.62. The average Bonchev–Trinajstić information content (AvgIpc) is 0.795. The number of rotatable bonds is 24. The van der Waals surface area contributed by atoms with Crippen molar-refractivity contribution in [1.82, 2.24) is 0 Å². The van der Waals surface area contributed by atoms with Gasteiger partial charge in [-0.25, -0.2) is 27.6 Å². The first kappa shape index (κ1) is 77.9. The molecule has 5 aliphatic rings. The number of alkyl halides is 4. The third-order valence-electron chi connectivity index (χ3n) is 16.7. The Morgan fingerprint density at radius 3 is 1.46 bits per heavy atom. The van der Waals surface area contributed by atoms with Crippen molar-refractivity contribution < 1.29 is 82.9 Å². The Morgan fingerprint density at radius 1 is 0.652 bits per heavy atom. The number of hydrogen-bond donors (Lipinski definition) is 0. The quantitative estimate of drug-likeness (QED) is 0.0122. The Labute approximate surface area is 545 Å². The molecule has 0 heterocycles. The first-order valence-electron chi connectivity index (χ1n) is 31.2. The van der Waals surface area contributed by atoms with Crippen LogP contribution in [-0.4, -0.2) is 91.1 Å². The van der Waals surface area contributed by atoms with E-state index in [0.717, 1.165) is 42.9 Å². The summed E-state index contributed by atoms with van der Waals surface area (Å²) in [5.74, 6) is -6.21. The molecule has 506 valence electrons. The van der Waals surface area contributed by atoms with E-state index in [2.05, 4.69) is 159 Å². The lowest BCUT2D eigenvalue weighted by molar-refractivity contribution is -0.243. The molecule has 4 aromatic rings. The Hall–Kier alpha value is -6.58. The van der Waals surface area contributed by atoms with Crippen LogP contribution in [0.15, 0.2) is 173 Å². The van der Waals surface area contributed by atoms with Crippen LogP contribution in [0.1, 0.15) is 146 Å². The Bertz CT molecular complexity index is 3050. The van der Waals surface area contributed by atoms with Crippen LogP contribution >= 0.6 is 0 Å². The van der Waals surface area contributed by atoms with Gasteiger partial charge >= 0.3 is 40.8 Å². The molecule has 0 aliphatic heterocycles. The van der Waals surface area contributed by atoms with E-state index in [1.165, 1.54) is 73.5 Å². The summed E-state index contributed by atoms with van der Waals surface area (Å²) >= 11 is 0. The van der Waals surface area contributed by atoms with Gasteiger partial charge in [-0.1, -0.05) is 127 Å². The molecule has 2 unspecified atom stereocenters. The molecule has 5 fully saturated rings. The molecule has 4 bridgehead atoms. The SMILES string of the molecule is C=C(C)C(=O)OC(C)(OCCC(F)(F)C(F)(F)S(=O)(=O)[O-])C(=O)OCC.C=C(C)C(=O)OC1(C(C)C)C2CC3CC(C2)CC1C3.C=C(C)C(=O)OC1(C(C)C)CCCC1.C=Cc1ccc(OC(C)OCC)cc1.c1ccc([S+](c2ccccc2)c2ccccc2)cc1. The van der Waals surface area contributed by atoms with Gasteiger partial charge in [0.2, 0.25) is 0 Å². The van der Waals surface area contributed by atoms with E-state index in [1.807, 2.05) is 38.1 Å². The minimum absolute atomic E-state index is 0.0146. The van der Waals surface area contributed by atoms with Gasteiger partial charge < -0.3 is 37.7 Å². The predicted molar refractivity (Wildman–Crippen MR) is 348 cm³/mol. The van der Waals surface area contributed by atoms with E-state index in [1.54, 1.807) is 19.9 Å². The van der Waals surface area contributed by atoms with Crippen LogP contribution in [0.5, 0.6) is 5.75 Å². The molecule has 0 spiro atoms. The fourth-order valence-electron chi connectivity index (χ4n) is 12.0. The summed E-state index contributed by atoms with van der Waals surface area (Å²) in [4.78, 5) is 51.0. The number of halogens is 4. The second-order valence-electron chi connectivity index (χ2n) is 24.3. The summed E-state index contributed by atoms with van der Waals surface area (Å²) in [7, 11) is -6.67. The lowest BCUT2D eigenvalue weighted by atomic mass is 9.47. The van der Waals surface area contributed by atoms with Crippen molar-refractivity contribution in [2.45, 2.75) is 190 Å². The van der Waals surface area contributed by atoms with Crippen molar-refractivity contribution in [3.8, 4) is 5.75 Å². The van der Waals surface area contributed by atoms with E-state index in [9.17, 15) is 49.7 Å². The molecule has 5 saturated carbocycles. The monoisotopic (exact) mass is 1320 g/mol. The molecule has 0 radical (unpaired) electrons. The van der Waals surface area contributed by atoms with Gasteiger partial charge in [-0.15, -0.1) is 0 Å². The molecular weight excluding hydrogens is 1230 g/mol. The van der Waals surface area contributed by atoms with Crippen molar-refractivity contribution in [3.05, 3.63) is 164 Å². The highest BCUT2D eigenvalue weighted by atomic mass is 32.2. The van der Waals surface area contributed by atoms with E-state index < -0.39 is 52.0 Å². The summed E-state index contributed by atoms with van der Waals surface area (Å²) in [5, 5.41) is -5.90. The molecule has 2 atom stereocenters. The molecule has 0 amide bonds. The van der Waals surface area contributed by atoms with Crippen molar-refractivity contribution in [2.24, 2.45) is 35.5 Å². The summed E-state index contributed by atoms with van der Waals surface area (Å²) in [6.45, 7) is 32.7. The van der Waals surface area contributed by atoms with Gasteiger partial charge in [0, 0.05) is 36.7 Å². The summed E-state index contributed by atoms with van der Waals surface area (Å²) in [6.07, 6.45) is 10.5. The van der Waals surface area contributed by atoms with Crippen LogP contribution in [0, 0.1) is 35.5 Å². The number of carbonyl (C=O) groups is 4. The zero-order valence-corrected chi connectivity index (χ0v) is 56.8. The molecule has 14 nitrogen and oxygen atoms in total. The smallest absolute Gasteiger partial charge is 0.396 e. The standard InChI is InChI=1S/C18H15S.C17H26O2.C13H18F4O8S.C12H20O2.C12H16O2/c1-4-10-16(11-5-1)19(17-12-6-2-7-13-17)18-14-8-3-9-15-18;1-10(2)16(18)19-17(11(3)4)14-6-12-5-13(8-14)9-15(17)7-12;1-5-23-10(19)11(4,25-9(18)8(2)3)24-7-6-12(14,15)13(16,17)26(20,21)22;1-9(2)11(13)14-12(10(3)4)7-5-6-8-12;1-4-11-6-8-12(9-7-11)14-10(3)13-5-2/h1-15H;11-15H,1,5-9H2,2-4H3;2,5-7H2,1,3-4H3,(H,20,21,22);10H,1,5-8H2,2-4H3;4,6-10H,1,5H2,2-3H3/q+1;;;;/p-1. The third kappa shape index (κ3) is 21.2. The predicted octanol–water partition coefficient (Wildman–Crippen LogP) is 16.5. The number of benzene rings is 4. The maximum Gasteiger partial charge on any atom is 0.396 e. The first-order valence-corrected chi connectivity index (χ1v) is 33.9. The number of hydrogen-bond acceptors (Lipinski definition) is 14. The van der Waals surface area contributed by atoms with Crippen LogP contribution in [0.3, 0.4) is 0 Å². The average molecular weight is 1320 g/mol. The fraction of sp³-hybridized carbons (Fsp3) is 0.500. The second kappa shape index (κ2) is 35.1. The normalized spacial score (nSPS) is 20.3. The maximum absolute atomic E-state index is 13.4. The van der Waals surface area contributed by atoms with Crippen LogP contribution in [0.2, 0.25) is 0 Å². The summed E-state index contributed by atoms with van der Waals surface area (Å²) < 4.78 is 120. The highest BCUT2D eigenvalue weighted by molar-refractivity contribution is 7.97. The van der Waals surface area contributed by atoms with E-state index >= 15 is 0 Å². The molecule has 5 aliphatic carbocycles. The summed E-state index contributed by atoms with van der Waals surface area (Å²) in [5.41, 5.74) is 1.50. The summed E-state index contributed by atoms with van der Waals surface area (Å²) in [6, 6.07) is 39.9. The Morgan fingerprint density at radius 2 is 1.09 bits per heavy atom. The molecule has 20 heteroatoms. The van der Waals surface area contributed by atoms with Gasteiger partial charge in [0.1, 0.15) is 17.0 Å². The van der Waals surface area contributed by atoms with Gasteiger partial charge in [0.25, 0.3) is 0 Å². The van der Waals surface area contributed by atoms with Crippen LogP contribution in [0.25, 0.3) is 6.08 Å². The van der Waals surface area contributed by atoms with E-state index in [-0.39, 0.29) is 52.5 Å². The molecule has 0 aromatic heterocycles. The van der Waals surface area contributed by atoms with E-state index in [4.69, 9.17) is 18.9 Å². The molecule has 9 rings (SSSR count). The minimum Gasteiger partial charge on any atom is -0.743 e. The van der Waals surface area contributed by atoms with Crippen molar-refractivity contribution in [3.63, 3.8) is 0 Å². The van der Waals surface area contributed by atoms with Crippen molar-refractivity contribution >= 4 is 51.0 Å². The van der Waals surface area contributed by atoms with Gasteiger partial charge in [0.15, 0.2) is 31.1 Å². The fourth-order valence-corrected chi connectivity index (χ4v) is 14.6. The molecule has 0 saturated heterocycles. The highest BCUT2D eigenvalue weighted by Gasteiger charge is 2.62.